The fourth-order valence-corrected chi connectivity index (χ4v) is 3.10. The van der Waals surface area contributed by atoms with Gasteiger partial charge in [-0.05, 0) is 37.0 Å². The number of ether oxygens (including phenoxy) is 1. The van der Waals surface area contributed by atoms with E-state index in [2.05, 4.69) is 12.1 Å². The van der Waals surface area contributed by atoms with Gasteiger partial charge in [-0.25, -0.2) is 0 Å². The van der Waals surface area contributed by atoms with Crippen LogP contribution in [-0.2, 0) is 4.74 Å². The summed E-state index contributed by atoms with van der Waals surface area (Å²) in [5.41, 5.74) is 1.02. The van der Waals surface area contributed by atoms with Crippen LogP contribution in [0.3, 0.4) is 0 Å². The number of aliphatic hydroxyl groups excluding tert-OH is 1. The summed E-state index contributed by atoms with van der Waals surface area (Å²) in [5, 5.41) is 10.4. The third kappa shape index (κ3) is 3.73. The Morgan fingerprint density at radius 3 is 2.53 bits per heavy atom. The van der Waals surface area contributed by atoms with Gasteiger partial charge < -0.3 is 9.84 Å². The summed E-state index contributed by atoms with van der Waals surface area (Å²) >= 11 is 1.93. The molecule has 0 bridgehead atoms. The van der Waals surface area contributed by atoms with Crippen molar-refractivity contribution in [2.45, 2.75) is 42.4 Å². The van der Waals surface area contributed by atoms with E-state index in [1.54, 1.807) is 0 Å². The fourth-order valence-electron chi connectivity index (χ4n) is 1.99. The molecule has 0 aliphatic carbocycles. The zero-order valence-corrected chi connectivity index (χ0v) is 11.1. The summed E-state index contributed by atoms with van der Waals surface area (Å²) in [6.07, 6.45) is 2.73. The number of thioether (sulfide) groups is 1. The van der Waals surface area contributed by atoms with Crippen molar-refractivity contribution in [3.05, 3.63) is 29.8 Å². The van der Waals surface area contributed by atoms with E-state index in [0.717, 1.165) is 38.0 Å². The van der Waals surface area contributed by atoms with E-state index >= 15 is 0 Å². The Morgan fingerprint density at radius 1 is 1.29 bits per heavy atom. The second-order valence-electron chi connectivity index (χ2n) is 4.42. The van der Waals surface area contributed by atoms with Crippen LogP contribution in [0, 0.1) is 0 Å². The van der Waals surface area contributed by atoms with E-state index < -0.39 is 0 Å². The van der Waals surface area contributed by atoms with Gasteiger partial charge in [0.1, 0.15) is 0 Å². The summed E-state index contributed by atoms with van der Waals surface area (Å²) in [6, 6.07) is 8.31. The predicted molar refractivity (Wildman–Crippen MR) is 71.4 cm³/mol. The molecular formula is C14H20O2S. The van der Waals surface area contributed by atoms with Gasteiger partial charge in [-0.3, -0.25) is 0 Å². The SMILES string of the molecule is CC[C@H](O)c1ccc(SC2CCOCC2)cc1. The Balaban J connectivity index is 1.93. The van der Waals surface area contributed by atoms with Crippen LogP contribution in [0.15, 0.2) is 29.2 Å². The molecule has 1 saturated heterocycles. The average molecular weight is 252 g/mol. The van der Waals surface area contributed by atoms with Gasteiger partial charge in [-0.1, -0.05) is 19.1 Å². The van der Waals surface area contributed by atoms with Crippen LogP contribution in [0.1, 0.15) is 37.9 Å². The summed E-state index contributed by atoms with van der Waals surface area (Å²) < 4.78 is 5.36. The zero-order chi connectivity index (χ0) is 12.1. The van der Waals surface area contributed by atoms with Gasteiger partial charge in [0.15, 0.2) is 0 Å². The number of rotatable bonds is 4. The van der Waals surface area contributed by atoms with Crippen molar-refractivity contribution in [3.8, 4) is 0 Å². The molecule has 3 heteroatoms. The van der Waals surface area contributed by atoms with Crippen LogP contribution in [0.4, 0.5) is 0 Å². The molecule has 2 nitrogen and oxygen atoms in total. The Labute approximate surface area is 107 Å². The van der Waals surface area contributed by atoms with Crippen molar-refractivity contribution in [1.29, 1.82) is 0 Å². The number of hydrogen-bond acceptors (Lipinski definition) is 3. The Morgan fingerprint density at radius 2 is 1.94 bits per heavy atom. The van der Waals surface area contributed by atoms with Crippen LogP contribution in [-0.4, -0.2) is 23.6 Å². The molecule has 0 aromatic heterocycles. The Bertz CT molecular complexity index is 331. The van der Waals surface area contributed by atoms with Crippen LogP contribution in [0.5, 0.6) is 0 Å². The normalized spacial score (nSPS) is 19.2. The highest BCUT2D eigenvalue weighted by molar-refractivity contribution is 8.00. The molecule has 1 atom stereocenters. The lowest BCUT2D eigenvalue weighted by Crippen LogP contribution is -2.17. The predicted octanol–water partition coefficient (Wildman–Crippen LogP) is 3.40. The summed E-state index contributed by atoms with van der Waals surface area (Å²) in [4.78, 5) is 1.30. The highest BCUT2D eigenvalue weighted by Crippen LogP contribution is 2.30. The largest absolute Gasteiger partial charge is 0.388 e. The van der Waals surface area contributed by atoms with Gasteiger partial charge in [-0.2, -0.15) is 0 Å². The highest BCUT2D eigenvalue weighted by atomic mass is 32.2. The Kier molecular flexibility index (Phi) is 4.89. The van der Waals surface area contributed by atoms with E-state index in [-0.39, 0.29) is 6.10 Å². The second kappa shape index (κ2) is 6.43. The first-order valence-corrected chi connectivity index (χ1v) is 7.20. The summed E-state index contributed by atoms with van der Waals surface area (Å²) in [5.74, 6) is 0. The lowest BCUT2D eigenvalue weighted by molar-refractivity contribution is 0.100. The molecule has 1 fully saturated rings. The zero-order valence-electron chi connectivity index (χ0n) is 10.3. The first-order valence-electron chi connectivity index (χ1n) is 6.32. The van der Waals surface area contributed by atoms with Gasteiger partial charge in [0.05, 0.1) is 6.10 Å². The van der Waals surface area contributed by atoms with E-state index in [4.69, 9.17) is 4.74 Å². The second-order valence-corrected chi connectivity index (χ2v) is 5.80. The van der Waals surface area contributed by atoms with E-state index in [1.807, 2.05) is 30.8 Å². The third-order valence-corrected chi connectivity index (χ3v) is 4.47. The van der Waals surface area contributed by atoms with Crippen molar-refractivity contribution in [2.24, 2.45) is 0 Å². The van der Waals surface area contributed by atoms with Crippen molar-refractivity contribution >= 4 is 11.8 Å². The van der Waals surface area contributed by atoms with Crippen LogP contribution in [0.2, 0.25) is 0 Å². The number of aliphatic hydroxyl groups is 1. The fraction of sp³-hybridized carbons (Fsp3) is 0.571. The molecule has 17 heavy (non-hydrogen) atoms. The minimum absolute atomic E-state index is 0.322. The molecule has 0 unspecified atom stereocenters. The molecule has 0 radical (unpaired) electrons. The maximum absolute atomic E-state index is 9.72. The molecule has 2 rings (SSSR count). The minimum Gasteiger partial charge on any atom is -0.388 e. The molecule has 1 aromatic carbocycles. The molecule has 94 valence electrons. The van der Waals surface area contributed by atoms with Crippen molar-refractivity contribution in [1.82, 2.24) is 0 Å². The van der Waals surface area contributed by atoms with Gasteiger partial charge in [-0.15, -0.1) is 11.8 Å². The first kappa shape index (κ1) is 12.9. The summed E-state index contributed by atoms with van der Waals surface area (Å²) in [6.45, 7) is 3.78. The molecule has 0 spiro atoms. The maximum atomic E-state index is 9.72. The molecule has 1 aliphatic heterocycles. The molecule has 1 aromatic rings. The lowest BCUT2D eigenvalue weighted by atomic mass is 10.1. The van der Waals surface area contributed by atoms with Crippen molar-refractivity contribution in [2.75, 3.05) is 13.2 Å². The molecule has 0 saturated carbocycles. The smallest absolute Gasteiger partial charge is 0.0787 e. The monoisotopic (exact) mass is 252 g/mol. The molecular weight excluding hydrogens is 232 g/mol. The summed E-state index contributed by atoms with van der Waals surface area (Å²) in [7, 11) is 0. The molecule has 1 N–H and O–H groups in total. The van der Waals surface area contributed by atoms with Gasteiger partial charge in [0.2, 0.25) is 0 Å². The van der Waals surface area contributed by atoms with Crippen LogP contribution in [0.25, 0.3) is 0 Å². The van der Waals surface area contributed by atoms with Gasteiger partial charge >= 0.3 is 0 Å². The maximum Gasteiger partial charge on any atom is 0.0787 e. The minimum atomic E-state index is -0.322. The molecule has 1 heterocycles. The highest BCUT2D eigenvalue weighted by Gasteiger charge is 2.15. The quantitative estimate of drug-likeness (QED) is 0.890. The van der Waals surface area contributed by atoms with E-state index in [0.29, 0.717) is 5.25 Å². The standard InChI is InChI=1S/C14H20O2S/c1-2-14(15)11-3-5-12(6-4-11)17-13-7-9-16-10-8-13/h3-6,13-15H,2,7-10H2,1H3/t14-/m0/s1. The first-order chi connectivity index (χ1) is 8.29. The van der Waals surface area contributed by atoms with Crippen LogP contribution < -0.4 is 0 Å². The molecule has 0 amide bonds. The number of hydrogen-bond donors (Lipinski definition) is 1. The third-order valence-electron chi connectivity index (χ3n) is 3.12. The molecule has 1 aliphatic rings. The van der Waals surface area contributed by atoms with Crippen LogP contribution >= 0.6 is 11.8 Å². The van der Waals surface area contributed by atoms with E-state index in [1.165, 1.54) is 4.90 Å². The number of benzene rings is 1. The topological polar surface area (TPSA) is 29.5 Å². The van der Waals surface area contributed by atoms with Crippen molar-refractivity contribution in [3.63, 3.8) is 0 Å². The van der Waals surface area contributed by atoms with Gasteiger partial charge in [0.25, 0.3) is 0 Å². The Hall–Kier alpha value is -0.510. The van der Waals surface area contributed by atoms with Crippen molar-refractivity contribution < 1.29 is 9.84 Å². The van der Waals surface area contributed by atoms with Gasteiger partial charge in [0, 0.05) is 23.4 Å². The lowest BCUT2D eigenvalue weighted by Gasteiger charge is -2.21. The van der Waals surface area contributed by atoms with E-state index in [9.17, 15) is 5.11 Å². The average Bonchev–Trinajstić information content (AvgIpc) is 2.40.